The number of carbonyl (C=O) groups excluding carboxylic acids is 1. The number of nitrogens with zero attached hydrogens (tertiary/aromatic N) is 3. The van der Waals surface area contributed by atoms with Gasteiger partial charge in [-0.3, -0.25) is 0 Å². The lowest BCUT2D eigenvalue weighted by Crippen LogP contribution is -2.41. The summed E-state index contributed by atoms with van der Waals surface area (Å²) in [6.07, 6.45) is 4.55. The smallest absolute Gasteiger partial charge is 0.317 e. The molecule has 2 aromatic carbocycles. The third-order valence-electron chi connectivity index (χ3n) is 6.56. The van der Waals surface area contributed by atoms with Crippen LogP contribution in [-0.2, 0) is 6.42 Å². The molecule has 8 heteroatoms. The molecule has 0 radical (unpaired) electrons. The first-order valence-electron chi connectivity index (χ1n) is 12.0. The Balaban J connectivity index is 1.37. The molecule has 0 saturated carbocycles. The number of ether oxygens (including phenoxy) is 1. The van der Waals surface area contributed by atoms with Crippen LogP contribution in [0.3, 0.4) is 0 Å². The van der Waals surface area contributed by atoms with Crippen molar-refractivity contribution in [1.82, 2.24) is 15.2 Å². The van der Waals surface area contributed by atoms with Crippen molar-refractivity contribution in [3.8, 4) is 32.8 Å². The summed E-state index contributed by atoms with van der Waals surface area (Å²) in [5.41, 5.74) is 11.0. The molecule has 35 heavy (non-hydrogen) atoms. The number of amides is 2. The van der Waals surface area contributed by atoms with Crippen LogP contribution < -0.4 is 15.8 Å². The molecule has 1 aliphatic carbocycles. The van der Waals surface area contributed by atoms with E-state index in [1.165, 1.54) is 11.1 Å². The summed E-state index contributed by atoms with van der Waals surface area (Å²) in [5, 5.41) is 13.7. The molecule has 2 atom stereocenters. The minimum absolute atomic E-state index is 0.00105. The molecule has 7 nitrogen and oxygen atoms in total. The number of aromatic nitrogens is 1. The molecular weight excluding hydrogens is 458 g/mol. The molecule has 1 aromatic heterocycles. The average Bonchev–Trinajstić information content (AvgIpc) is 3.59. The van der Waals surface area contributed by atoms with Crippen LogP contribution in [0.2, 0.25) is 0 Å². The fraction of sp³-hybridized carbons (Fsp3) is 0.370. The number of carbonyl (C=O) groups is 1. The van der Waals surface area contributed by atoms with E-state index in [2.05, 4.69) is 34.6 Å². The van der Waals surface area contributed by atoms with Crippen molar-refractivity contribution >= 4 is 17.4 Å². The van der Waals surface area contributed by atoms with Gasteiger partial charge in [0.15, 0.2) is 0 Å². The normalized spacial score (nSPS) is 19.0. The van der Waals surface area contributed by atoms with Gasteiger partial charge >= 0.3 is 6.03 Å². The molecule has 5 rings (SSSR count). The highest BCUT2D eigenvalue weighted by molar-refractivity contribution is 7.18. The number of nitrogens with two attached hydrogens (primary N) is 1. The zero-order valence-electron chi connectivity index (χ0n) is 20.0. The number of urea groups is 1. The second-order valence-electron chi connectivity index (χ2n) is 9.43. The van der Waals surface area contributed by atoms with E-state index in [0.29, 0.717) is 24.4 Å². The van der Waals surface area contributed by atoms with E-state index >= 15 is 0 Å². The minimum Gasteiger partial charge on any atom is -0.490 e. The number of thiazole rings is 1. The van der Waals surface area contributed by atoms with Crippen LogP contribution in [0.5, 0.6) is 5.75 Å². The Labute approximate surface area is 209 Å². The van der Waals surface area contributed by atoms with Crippen molar-refractivity contribution in [3.63, 3.8) is 0 Å². The van der Waals surface area contributed by atoms with E-state index < -0.39 is 0 Å². The van der Waals surface area contributed by atoms with Gasteiger partial charge in [-0.2, -0.15) is 5.26 Å². The summed E-state index contributed by atoms with van der Waals surface area (Å²) in [6, 6.07) is 14.2. The molecular formula is C27H29N5O2S. The van der Waals surface area contributed by atoms with Gasteiger partial charge in [0.25, 0.3) is 0 Å². The van der Waals surface area contributed by atoms with Crippen molar-refractivity contribution in [2.75, 3.05) is 13.1 Å². The lowest BCUT2D eigenvalue weighted by Gasteiger charge is -2.21. The predicted octanol–water partition coefficient (Wildman–Crippen LogP) is 4.87. The maximum absolute atomic E-state index is 12.7. The topological polar surface area (TPSA) is 104 Å². The molecule has 0 spiro atoms. The summed E-state index contributed by atoms with van der Waals surface area (Å²) < 4.78 is 5.75. The number of nitriles is 1. The molecule has 2 amide bonds. The molecule has 0 bridgehead atoms. The highest BCUT2D eigenvalue weighted by atomic mass is 32.1. The second kappa shape index (κ2) is 9.68. The van der Waals surface area contributed by atoms with Gasteiger partial charge in [0.1, 0.15) is 16.8 Å². The summed E-state index contributed by atoms with van der Waals surface area (Å²) in [6.45, 7) is 5.22. The number of rotatable bonds is 5. The van der Waals surface area contributed by atoms with E-state index in [0.717, 1.165) is 40.3 Å². The van der Waals surface area contributed by atoms with E-state index in [1.54, 1.807) is 11.3 Å². The first-order valence-corrected chi connectivity index (χ1v) is 12.8. The zero-order chi connectivity index (χ0) is 24.5. The van der Waals surface area contributed by atoms with Gasteiger partial charge in [0.2, 0.25) is 0 Å². The third-order valence-corrected chi connectivity index (χ3v) is 7.64. The third kappa shape index (κ3) is 4.75. The number of fused-ring (bicyclic) bond motifs is 1. The van der Waals surface area contributed by atoms with Crippen molar-refractivity contribution < 1.29 is 9.53 Å². The molecule has 3 N–H and O–H groups in total. The first kappa shape index (κ1) is 23.3. The summed E-state index contributed by atoms with van der Waals surface area (Å²) in [5.74, 6) is 0.591. The van der Waals surface area contributed by atoms with E-state index in [4.69, 9.17) is 10.5 Å². The van der Waals surface area contributed by atoms with Crippen LogP contribution in [0.1, 0.15) is 49.4 Å². The minimum atomic E-state index is -0.0283. The molecule has 1 saturated heterocycles. The van der Waals surface area contributed by atoms with Gasteiger partial charge in [0.05, 0.1) is 22.6 Å². The SMILES string of the molecule is CC(C)Oc1ccc(-c2ncc(-c3cccc4c3CC[C@H]4NC(=O)N3CC[C@@H](N)C3)s2)cc1C#N. The summed E-state index contributed by atoms with van der Waals surface area (Å²) in [4.78, 5) is 20.3. The van der Waals surface area contributed by atoms with Gasteiger partial charge in [-0.15, -0.1) is 11.3 Å². The Morgan fingerprint density at radius 3 is 2.91 bits per heavy atom. The molecule has 1 aliphatic heterocycles. The van der Waals surface area contributed by atoms with Crippen molar-refractivity contribution in [1.29, 1.82) is 5.26 Å². The quantitative estimate of drug-likeness (QED) is 0.534. The number of likely N-dealkylation sites (tertiary alicyclic amines) is 1. The van der Waals surface area contributed by atoms with Gasteiger partial charge < -0.3 is 20.7 Å². The van der Waals surface area contributed by atoms with Gasteiger partial charge in [0, 0.05) is 30.9 Å². The molecule has 180 valence electrons. The van der Waals surface area contributed by atoms with E-state index in [1.807, 2.05) is 43.1 Å². The summed E-state index contributed by atoms with van der Waals surface area (Å²) in [7, 11) is 0. The van der Waals surface area contributed by atoms with Crippen molar-refractivity contribution in [3.05, 3.63) is 59.3 Å². The van der Waals surface area contributed by atoms with Crippen LogP contribution in [0, 0.1) is 11.3 Å². The van der Waals surface area contributed by atoms with Crippen LogP contribution in [-0.4, -0.2) is 41.2 Å². The molecule has 0 unspecified atom stereocenters. The molecule has 2 aliphatic rings. The van der Waals surface area contributed by atoms with Crippen LogP contribution in [0.4, 0.5) is 4.79 Å². The number of hydrogen-bond acceptors (Lipinski definition) is 6. The van der Waals surface area contributed by atoms with Gasteiger partial charge in [-0.25, -0.2) is 9.78 Å². The zero-order valence-corrected chi connectivity index (χ0v) is 20.8. The number of hydrogen-bond donors (Lipinski definition) is 2. The fourth-order valence-corrected chi connectivity index (χ4v) is 5.85. The maximum Gasteiger partial charge on any atom is 0.317 e. The summed E-state index contributed by atoms with van der Waals surface area (Å²) >= 11 is 1.61. The average molecular weight is 488 g/mol. The van der Waals surface area contributed by atoms with Crippen molar-refractivity contribution in [2.24, 2.45) is 5.73 Å². The largest absolute Gasteiger partial charge is 0.490 e. The monoisotopic (exact) mass is 487 g/mol. The lowest BCUT2D eigenvalue weighted by atomic mass is 10.0. The van der Waals surface area contributed by atoms with Gasteiger partial charge in [-0.1, -0.05) is 18.2 Å². The van der Waals surface area contributed by atoms with E-state index in [9.17, 15) is 10.1 Å². The Morgan fingerprint density at radius 1 is 1.31 bits per heavy atom. The maximum atomic E-state index is 12.7. The number of benzene rings is 2. The van der Waals surface area contributed by atoms with Gasteiger partial charge in [-0.05, 0) is 68.0 Å². The highest BCUT2D eigenvalue weighted by Gasteiger charge is 2.30. The van der Waals surface area contributed by atoms with E-state index in [-0.39, 0.29) is 24.2 Å². The van der Waals surface area contributed by atoms with Crippen LogP contribution in [0.15, 0.2) is 42.6 Å². The first-order chi connectivity index (χ1) is 16.9. The fourth-order valence-electron chi connectivity index (χ4n) is 4.89. The molecule has 2 heterocycles. The molecule has 1 fully saturated rings. The highest BCUT2D eigenvalue weighted by Crippen LogP contribution is 2.41. The Hall–Kier alpha value is -3.41. The Bertz CT molecular complexity index is 1290. The Morgan fingerprint density at radius 2 is 2.17 bits per heavy atom. The standard InChI is InChI=1S/C27H29N5O2S/c1-16(2)34-24-9-6-17(12-18(24)13-28)26-30-14-25(35-26)22-5-3-4-21-20(22)7-8-23(21)31-27(33)32-11-10-19(29)15-32/h3-6,9,12,14,16,19,23H,7-8,10-11,15,29H2,1-2H3,(H,31,33)/t19-,23-/m1/s1. The second-order valence-corrected chi connectivity index (χ2v) is 10.5. The van der Waals surface area contributed by atoms with Crippen LogP contribution in [0.25, 0.3) is 21.0 Å². The van der Waals surface area contributed by atoms with Crippen molar-refractivity contribution in [2.45, 2.75) is 51.3 Å². The number of nitrogens with one attached hydrogen (secondary N) is 1. The lowest BCUT2D eigenvalue weighted by molar-refractivity contribution is 0.204. The van der Waals surface area contributed by atoms with Crippen LogP contribution >= 0.6 is 11.3 Å². The molecule has 3 aromatic rings. The predicted molar refractivity (Wildman–Crippen MR) is 137 cm³/mol. The Kier molecular flexibility index (Phi) is 6.46.